The first-order valence-corrected chi connectivity index (χ1v) is 11.7. The summed E-state index contributed by atoms with van der Waals surface area (Å²) in [5.74, 6) is -0.613. The summed E-state index contributed by atoms with van der Waals surface area (Å²) >= 11 is 0. The third-order valence-electron chi connectivity index (χ3n) is 6.99. The van der Waals surface area contributed by atoms with Crippen molar-refractivity contribution in [1.29, 1.82) is 0 Å². The molecule has 0 aliphatic carbocycles. The molecule has 0 N–H and O–H groups in total. The number of pyridine rings is 1. The number of nitrogens with zero attached hydrogens (tertiary/aromatic N) is 3. The molecule has 1 saturated heterocycles. The van der Waals surface area contributed by atoms with Gasteiger partial charge in [-0.3, -0.25) is 24.3 Å². The largest absolute Gasteiger partial charge is 0.338 e. The van der Waals surface area contributed by atoms with Crippen LogP contribution in [0, 0.1) is 0 Å². The van der Waals surface area contributed by atoms with Crippen LogP contribution in [0.2, 0.25) is 0 Å². The molecule has 0 saturated carbocycles. The maximum atomic E-state index is 13.8. The van der Waals surface area contributed by atoms with Gasteiger partial charge in [0, 0.05) is 50.8 Å². The van der Waals surface area contributed by atoms with Crippen LogP contribution >= 0.6 is 0 Å². The maximum Gasteiger partial charge on any atom is 0.240 e. The summed E-state index contributed by atoms with van der Waals surface area (Å²) in [6, 6.07) is 23.0. The Hall–Kier alpha value is -3.80. The zero-order valence-electron chi connectivity index (χ0n) is 19.0. The highest BCUT2D eigenvalue weighted by atomic mass is 16.2. The lowest BCUT2D eigenvalue weighted by molar-refractivity contribution is -0.143. The van der Waals surface area contributed by atoms with E-state index in [-0.39, 0.29) is 37.1 Å². The Morgan fingerprint density at radius 1 is 0.912 bits per heavy atom. The van der Waals surface area contributed by atoms with Crippen LogP contribution in [-0.2, 0) is 39.2 Å². The summed E-state index contributed by atoms with van der Waals surface area (Å²) < 4.78 is 0. The Morgan fingerprint density at radius 3 is 2.41 bits per heavy atom. The van der Waals surface area contributed by atoms with Gasteiger partial charge in [-0.05, 0) is 35.2 Å². The Morgan fingerprint density at radius 2 is 1.65 bits per heavy atom. The molecule has 0 unspecified atom stereocenters. The molecule has 34 heavy (non-hydrogen) atoms. The summed E-state index contributed by atoms with van der Waals surface area (Å²) in [7, 11) is 0. The summed E-state index contributed by atoms with van der Waals surface area (Å²) in [6.07, 6.45) is 2.98. The molecule has 0 spiro atoms. The van der Waals surface area contributed by atoms with E-state index in [1.807, 2.05) is 71.6 Å². The topological polar surface area (TPSA) is 70.6 Å². The molecule has 1 aromatic heterocycles. The average Bonchev–Trinajstić information content (AvgIpc) is 3.12. The number of benzene rings is 2. The molecule has 2 aliphatic heterocycles. The number of carbonyl (C=O) groups excluding carboxylic acids is 3. The number of amides is 3. The number of hydrogen-bond donors (Lipinski definition) is 0. The van der Waals surface area contributed by atoms with E-state index in [4.69, 9.17) is 0 Å². The molecule has 6 heteroatoms. The summed E-state index contributed by atoms with van der Waals surface area (Å²) in [5, 5.41) is 0. The second-order valence-corrected chi connectivity index (χ2v) is 9.06. The normalized spacial score (nSPS) is 19.9. The van der Waals surface area contributed by atoms with E-state index in [0.29, 0.717) is 19.5 Å². The van der Waals surface area contributed by atoms with Crippen LogP contribution in [-0.4, -0.2) is 45.6 Å². The molecule has 1 atom stereocenters. The van der Waals surface area contributed by atoms with Crippen molar-refractivity contribution in [1.82, 2.24) is 14.8 Å². The standard InChI is InChI=1S/C28H27N3O3/c32-25(30-16-13-21-8-4-5-9-22(21)20-30)18-28(23-10-2-1-3-11-23)19-26(33)31(27(28)34)17-14-24-12-6-7-15-29-24/h1-12,15H,13-14,16-20H2/t28-/m1/s1. The molecule has 2 aromatic carbocycles. The number of rotatable bonds is 6. The van der Waals surface area contributed by atoms with Crippen molar-refractivity contribution in [2.75, 3.05) is 13.1 Å². The quantitative estimate of drug-likeness (QED) is 0.537. The fourth-order valence-electron chi connectivity index (χ4n) is 5.10. The lowest BCUT2D eigenvalue weighted by atomic mass is 9.75. The van der Waals surface area contributed by atoms with Crippen molar-refractivity contribution in [2.24, 2.45) is 0 Å². The molecule has 172 valence electrons. The van der Waals surface area contributed by atoms with Crippen molar-refractivity contribution in [2.45, 2.75) is 37.6 Å². The van der Waals surface area contributed by atoms with Crippen molar-refractivity contribution in [3.63, 3.8) is 0 Å². The van der Waals surface area contributed by atoms with Gasteiger partial charge in [0.25, 0.3) is 0 Å². The van der Waals surface area contributed by atoms with Gasteiger partial charge in [-0.1, -0.05) is 60.7 Å². The van der Waals surface area contributed by atoms with Gasteiger partial charge in [-0.2, -0.15) is 0 Å². The van der Waals surface area contributed by atoms with Gasteiger partial charge in [0.05, 0.1) is 5.41 Å². The van der Waals surface area contributed by atoms with Gasteiger partial charge < -0.3 is 4.90 Å². The van der Waals surface area contributed by atoms with Gasteiger partial charge in [0.2, 0.25) is 17.7 Å². The van der Waals surface area contributed by atoms with Crippen molar-refractivity contribution >= 4 is 17.7 Å². The monoisotopic (exact) mass is 453 g/mol. The van der Waals surface area contributed by atoms with Gasteiger partial charge >= 0.3 is 0 Å². The third-order valence-corrected chi connectivity index (χ3v) is 6.99. The number of imide groups is 1. The number of fused-ring (bicyclic) bond motifs is 1. The van der Waals surface area contributed by atoms with E-state index in [0.717, 1.165) is 23.2 Å². The van der Waals surface area contributed by atoms with E-state index >= 15 is 0 Å². The van der Waals surface area contributed by atoms with E-state index in [9.17, 15) is 14.4 Å². The molecule has 2 aliphatic rings. The Balaban J connectivity index is 1.39. The number of likely N-dealkylation sites (tertiary alicyclic amines) is 1. The fourth-order valence-corrected chi connectivity index (χ4v) is 5.10. The highest BCUT2D eigenvalue weighted by Crippen LogP contribution is 2.40. The van der Waals surface area contributed by atoms with Gasteiger partial charge in [0.1, 0.15) is 0 Å². The molecular weight excluding hydrogens is 426 g/mol. The minimum atomic E-state index is -1.17. The lowest BCUT2D eigenvalue weighted by Gasteiger charge is -2.33. The SMILES string of the molecule is O=C(C[C@]1(c2ccccc2)CC(=O)N(CCc2ccccn2)C1=O)N1CCc2ccccc2C1. The molecule has 3 aromatic rings. The molecule has 3 heterocycles. The molecule has 3 amide bonds. The molecular formula is C28H27N3O3. The summed E-state index contributed by atoms with van der Waals surface area (Å²) in [5.41, 5.74) is 2.78. The van der Waals surface area contributed by atoms with Crippen LogP contribution in [0.1, 0.15) is 35.2 Å². The summed E-state index contributed by atoms with van der Waals surface area (Å²) in [4.78, 5) is 47.8. The van der Waals surface area contributed by atoms with Gasteiger partial charge in [-0.25, -0.2) is 0 Å². The summed E-state index contributed by atoms with van der Waals surface area (Å²) in [6.45, 7) is 1.41. The number of carbonyl (C=O) groups is 3. The van der Waals surface area contributed by atoms with Crippen molar-refractivity contribution in [3.8, 4) is 0 Å². The van der Waals surface area contributed by atoms with E-state index < -0.39 is 5.41 Å². The first kappa shape index (κ1) is 22.0. The van der Waals surface area contributed by atoms with Crippen LogP contribution in [0.3, 0.4) is 0 Å². The minimum Gasteiger partial charge on any atom is -0.338 e. The predicted octanol–water partition coefficient (Wildman–Crippen LogP) is 3.30. The smallest absolute Gasteiger partial charge is 0.240 e. The van der Waals surface area contributed by atoms with Crippen molar-refractivity contribution < 1.29 is 14.4 Å². The number of hydrogen-bond acceptors (Lipinski definition) is 4. The van der Waals surface area contributed by atoms with E-state index in [1.165, 1.54) is 10.5 Å². The second kappa shape index (κ2) is 9.21. The lowest BCUT2D eigenvalue weighted by Crippen LogP contribution is -2.45. The Kier molecular flexibility index (Phi) is 5.97. The third kappa shape index (κ3) is 4.12. The molecule has 0 bridgehead atoms. The first-order chi connectivity index (χ1) is 16.6. The minimum absolute atomic E-state index is 0.00817. The molecule has 1 fully saturated rings. The highest BCUT2D eigenvalue weighted by Gasteiger charge is 2.54. The Bertz CT molecular complexity index is 1210. The second-order valence-electron chi connectivity index (χ2n) is 9.06. The van der Waals surface area contributed by atoms with Crippen LogP contribution in [0.5, 0.6) is 0 Å². The number of aromatic nitrogens is 1. The van der Waals surface area contributed by atoms with Crippen LogP contribution < -0.4 is 0 Å². The van der Waals surface area contributed by atoms with E-state index in [2.05, 4.69) is 11.1 Å². The predicted molar refractivity (Wildman–Crippen MR) is 128 cm³/mol. The fraction of sp³-hybridized carbons (Fsp3) is 0.286. The van der Waals surface area contributed by atoms with Gasteiger partial charge in [0.15, 0.2) is 0 Å². The molecule has 5 rings (SSSR count). The molecule has 6 nitrogen and oxygen atoms in total. The van der Waals surface area contributed by atoms with Crippen LogP contribution in [0.15, 0.2) is 79.0 Å². The zero-order chi connectivity index (χ0) is 23.5. The molecule has 0 radical (unpaired) electrons. The van der Waals surface area contributed by atoms with Crippen LogP contribution in [0.25, 0.3) is 0 Å². The van der Waals surface area contributed by atoms with E-state index in [1.54, 1.807) is 6.20 Å². The Labute approximate surface area is 199 Å². The van der Waals surface area contributed by atoms with Gasteiger partial charge in [-0.15, -0.1) is 0 Å². The average molecular weight is 454 g/mol. The van der Waals surface area contributed by atoms with Crippen molar-refractivity contribution in [3.05, 3.63) is 101 Å². The van der Waals surface area contributed by atoms with Crippen LogP contribution in [0.4, 0.5) is 0 Å². The maximum absolute atomic E-state index is 13.8. The highest BCUT2D eigenvalue weighted by molar-refractivity contribution is 6.10. The zero-order valence-corrected chi connectivity index (χ0v) is 19.0. The first-order valence-electron chi connectivity index (χ1n) is 11.7.